The maximum absolute atomic E-state index is 11.2. The molecule has 1 aromatic heterocycles. The number of rotatable bonds is 5. The van der Waals surface area contributed by atoms with Crippen LogP contribution in [-0.4, -0.2) is 35.9 Å². The molecule has 17 heavy (non-hydrogen) atoms. The summed E-state index contributed by atoms with van der Waals surface area (Å²) in [7, 11) is 1.26. The fraction of sp³-hybridized carbons (Fsp3) is 0.444. The van der Waals surface area contributed by atoms with E-state index in [1.54, 1.807) is 0 Å². The minimum absolute atomic E-state index is 0.233. The molecule has 0 saturated heterocycles. The molecular weight excluding hydrogens is 246 g/mol. The maximum atomic E-state index is 11.2. The van der Waals surface area contributed by atoms with E-state index in [9.17, 15) is 15.0 Å². The summed E-state index contributed by atoms with van der Waals surface area (Å²) < 4.78 is 4.51. The van der Waals surface area contributed by atoms with Crippen molar-refractivity contribution in [3.8, 4) is 0 Å². The molecule has 92 valence electrons. The summed E-state index contributed by atoms with van der Waals surface area (Å²) in [6, 6.07) is 1.43. The van der Waals surface area contributed by atoms with Gasteiger partial charge in [-0.15, -0.1) is 11.3 Å². The molecule has 1 aromatic rings. The van der Waals surface area contributed by atoms with Crippen LogP contribution in [0.3, 0.4) is 0 Å². The van der Waals surface area contributed by atoms with Crippen molar-refractivity contribution < 1.29 is 19.7 Å². The van der Waals surface area contributed by atoms with Gasteiger partial charge in [-0.25, -0.2) is 4.79 Å². The lowest BCUT2D eigenvalue weighted by Gasteiger charge is -2.13. The highest BCUT2D eigenvalue weighted by Crippen LogP contribution is 2.25. The normalized spacial score (nSPS) is 13.6. The van der Waals surface area contributed by atoms with E-state index in [4.69, 9.17) is 5.53 Å². The maximum Gasteiger partial charge on any atom is 0.338 e. The number of hydrogen-bond acceptors (Lipinski definition) is 6. The fourth-order valence-electron chi connectivity index (χ4n) is 1.14. The molecule has 0 amide bonds. The highest BCUT2D eigenvalue weighted by molar-refractivity contribution is 7.10. The number of carbonyl (C=O) groups excluding carboxylic acids is 1. The van der Waals surface area contributed by atoms with Crippen LogP contribution in [0.1, 0.15) is 21.3 Å². The molecule has 0 aliphatic rings. The van der Waals surface area contributed by atoms with Crippen LogP contribution in [0.2, 0.25) is 0 Å². The Kier molecular flexibility index (Phi) is 4.92. The zero-order valence-electron chi connectivity index (χ0n) is 8.98. The smallest absolute Gasteiger partial charge is 0.338 e. The molecule has 7 nitrogen and oxygen atoms in total. The Morgan fingerprint density at radius 1 is 1.71 bits per heavy atom. The van der Waals surface area contributed by atoms with E-state index in [2.05, 4.69) is 14.8 Å². The number of esters is 1. The number of azide groups is 1. The quantitative estimate of drug-likeness (QED) is 0.357. The van der Waals surface area contributed by atoms with Crippen molar-refractivity contribution in [2.45, 2.75) is 12.2 Å². The van der Waals surface area contributed by atoms with Gasteiger partial charge in [0.2, 0.25) is 0 Å². The summed E-state index contributed by atoms with van der Waals surface area (Å²) in [5.74, 6) is -0.510. The van der Waals surface area contributed by atoms with Gasteiger partial charge >= 0.3 is 5.97 Å². The zero-order valence-corrected chi connectivity index (χ0v) is 9.79. The van der Waals surface area contributed by atoms with Gasteiger partial charge in [-0.1, -0.05) is 5.11 Å². The Labute approximate surface area is 101 Å². The number of nitrogens with zero attached hydrogens (tertiary/aromatic N) is 3. The second kappa shape index (κ2) is 6.21. The molecule has 8 heteroatoms. The minimum Gasteiger partial charge on any atom is -0.465 e. The number of hydrogen-bond donors (Lipinski definition) is 2. The lowest BCUT2D eigenvalue weighted by atomic mass is 10.1. The summed E-state index contributed by atoms with van der Waals surface area (Å²) in [5, 5.41) is 23.9. The minimum atomic E-state index is -1.20. The van der Waals surface area contributed by atoms with Gasteiger partial charge in [-0.2, -0.15) is 0 Å². The molecular formula is C9H11N3O4S. The largest absolute Gasteiger partial charge is 0.465 e. The molecule has 0 radical (unpaired) electrons. The van der Waals surface area contributed by atoms with Gasteiger partial charge in [0.1, 0.15) is 6.10 Å². The highest BCUT2D eigenvalue weighted by Gasteiger charge is 2.20. The Balaban J connectivity index is 2.75. The predicted molar refractivity (Wildman–Crippen MR) is 60.6 cm³/mol. The van der Waals surface area contributed by atoms with Crippen molar-refractivity contribution in [2.75, 3.05) is 13.7 Å². The second-order valence-corrected chi connectivity index (χ2v) is 4.10. The first-order chi connectivity index (χ1) is 8.10. The van der Waals surface area contributed by atoms with Gasteiger partial charge in [0.05, 0.1) is 25.3 Å². The van der Waals surface area contributed by atoms with E-state index >= 15 is 0 Å². The first kappa shape index (κ1) is 13.5. The lowest BCUT2D eigenvalue weighted by molar-refractivity contribution is 0.0265. The van der Waals surface area contributed by atoms with Gasteiger partial charge in [0, 0.05) is 15.2 Å². The van der Waals surface area contributed by atoms with Crippen molar-refractivity contribution in [1.82, 2.24) is 0 Å². The van der Waals surface area contributed by atoms with E-state index in [1.807, 2.05) is 0 Å². The number of methoxy groups -OCH3 is 1. The standard InChI is InChI=1S/C9H11N3O4S/c1-16-9(15)5-2-7(17-4-5)8(14)6(13)3-11-12-10/h2,4,6,8,13-14H,3H2,1H3. The van der Waals surface area contributed by atoms with Crippen molar-refractivity contribution in [2.24, 2.45) is 5.11 Å². The first-order valence-corrected chi connectivity index (χ1v) is 5.51. The van der Waals surface area contributed by atoms with Crippen LogP contribution in [-0.2, 0) is 4.74 Å². The third-order valence-electron chi connectivity index (χ3n) is 2.03. The van der Waals surface area contributed by atoms with E-state index < -0.39 is 18.2 Å². The Hall–Kier alpha value is -1.60. The molecule has 2 unspecified atom stereocenters. The summed E-state index contributed by atoms with van der Waals surface area (Å²) in [5.41, 5.74) is 8.39. The number of ether oxygens (including phenoxy) is 1. The van der Waals surface area contributed by atoms with Gasteiger partial charge in [-0.05, 0) is 11.6 Å². The topological polar surface area (TPSA) is 116 Å². The molecule has 2 N–H and O–H groups in total. The molecule has 0 saturated carbocycles. The Morgan fingerprint density at radius 2 is 2.41 bits per heavy atom. The van der Waals surface area contributed by atoms with Gasteiger partial charge in [-0.3, -0.25) is 0 Å². The molecule has 1 heterocycles. The highest BCUT2D eigenvalue weighted by atomic mass is 32.1. The lowest BCUT2D eigenvalue weighted by Crippen LogP contribution is -2.20. The van der Waals surface area contributed by atoms with Crippen molar-refractivity contribution in [3.63, 3.8) is 0 Å². The van der Waals surface area contributed by atoms with Gasteiger partial charge < -0.3 is 14.9 Å². The molecule has 0 aliphatic heterocycles. The summed E-state index contributed by atoms with van der Waals surface area (Å²) in [6.07, 6.45) is -2.39. The summed E-state index contributed by atoms with van der Waals surface area (Å²) >= 11 is 1.12. The van der Waals surface area contributed by atoms with Gasteiger partial charge in [0.15, 0.2) is 0 Å². The van der Waals surface area contributed by atoms with Crippen LogP contribution in [0.5, 0.6) is 0 Å². The second-order valence-electron chi connectivity index (χ2n) is 3.15. The first-order valence-electron chi connectivity index (χ1n) is 4.64. The molecule has 0 spiro atoms. The number of carbonyl (C=O) groups is 1. The third kappa shape index (κ3) is 3.43. The molecule has 1 rings (SSSR count). The molecule has 0 fully saturated rings. The van der Waals surface area contributed by atoms with Crippen LogP contribution in [0.4, 0.5) is 0 Å². The fourth-order valence-corrected chi connectivity index (χ4v) is 2.06. The van der Waals surface area contributed by atoms with Crippen LogP contribution < -0.4 is 0 Å². The number of aliphatic hydroxyl groups is 2. The molecule has 0 bridgehead atoms. The van der Waals surface area contributed by atoms with Crippen LogP contribution in [0, 0.1) is 0 Å². The monoisotopic (exact) mass is 257 g/mol. The summed E-state index contributed by atoms with van der Waals surface area (Å²) in [4.78, 5) is 14.1. The van der Waals surface area contributed by atoms with Crippen molar-refractivity contribution in [3.05, 3.63) is 32.3 Å². The van der Waals surface area contributed by atoms with E-state index in [0.717, 1.165) is 11.3 Å². The van der Waals surface area contributed by atoms with Crippen molar-refractivity contribution in [1.29, 1.82) is 0 Å². The average Bonchev–Trinajstić information content (AvgIpc) is 2.83. The van der Waals surface area contributed by atoms with Crippen LogP contribution in [0.15, 0.2) is 16.6 Å². The van der Waals surface area contributed by atoms with E-state index in [0.29, 0.717) is 10.4 Å². The van der Waals surface area contributed by atoms with E-state index in [1.165, 1.54) is 18.6 Å². The molecule has 2 atom stereocenters. The van der Waals surface area contributed by atoms with Crippen LogP contribution in [0.25, 0.3) is 10.4 Å². The Bertz CT molecular complexity index is 441. The molecule has 0 aromatic carbocycles. The number of thiophene rings is 1. The van der Waals surface area contributed by atoms with Crippen molar-refractivity contribution >= 4 is 17.3 Å². The van der Waals surface area contributed by atoms with Crippen LogP contribution >= 0.6 is 11.3 Å². The SMILES string of the molecule is COC(=O)c1csc(C(O)C(O)CN=[N+]=[N-])c1. The Morgan fingerprint density at radius 3 is 3.00 bits per heavy atom. The molecule has 0 aliphatic carbocycles. The van der Waals surface area contributed by atoms with E-state index in [-0.39, 0.29) is 6.54 Å². The average molecular weight is 257 g/mol. The van der Waals surface area contributed by atoms with Gasteiger partial charge in [0.25, 0.3) is 0 Å². The zero-order chi connectivity index (χ0) is 12.8. The third-order valence-corrected chi connectivity index (χ3v) is 3.03. The predicted octanol–water partition coefficient (Wildman–Crippen LogP) is 1.24. The summed E-state index contributed by atoms with van der Waals surface area (Å²) in [6.45, 7) is -0.233. The number of aliphatic hydroxyl groups excluding tert-OH is 2.